The van der Waals surface area contributed by atoms with Crippen LogP contribution in [0.25, 0.3) is 0 Å². The van der Waals surface area contributed by atoms with Gasteiger partial charge in [-0.3, -0.25) is 14.4 Å². The van der Waals surface area contributed by atoms with Gasteiger partial charge in [-0.25, -0.2) is 0 Å². The molecule has 0 N–H and O–H groups in total. The van der Waals surface area contributed by atoms with E-state index in [-0.39, 0.29) is 31.1 Å². The number of carbonyl (C=O) groups excluding carboxylic acids is 3. The number of unbranched alkanes of at least 4 members (excludes halogenated alkanes) is 20. The highest BCUT2D eigenvalue weighted by Gasteiger charge is 2.19. The number of hydrogen-bond acceptors (Lipinski definition) is 6. The highest BCUT2D eigenvalue weighted by Crippen LogP contribution is 2.13. The first-order valence-corrected chi connectivity index (χ1v) is 26.7. The summed E-state index contributed by atoms with van der Waals surface area (Å²) >= 11 is 0. The molecule has 0 aromatic rings. The minimum absolute atomic E-state index is 0.0888. The van der Waals surface area contributed by atoms with Gasteiger partial charge in [-0.15, -0.1) is 0 Å². The van der Waals surface area contributed by atoms with Crippen LogP contribution >= 0.6 is 0 Å². The third-order valence-corrected chi connectivity index (χ3v) is 11.1. The van der Waals surface area contributed by atoms with E-state index in [4.69, 9.17) is 14.2 Å². The third kappa shape index (κ3) is 51.2. The van der Waals surface area contributed by atoms with Gasteiger partial charge in [0.15, 0.2) is 6.10 Å². The highest BCUT2D eigenvalue weighted by molar-refractivity contribution is 5.71. The van der Waals surface area contributed by atoms with Crippen LogP contribution in [0.15, 0.2) is 97.2 Å². The van der Waals surface area contributed by atoms with E-state index in [1.165, 1.54) is 64.2 Å². The average molecular weight is 903 g/mol. The topological polar surface area (TPSA) is 78.9 Å². The van der Waals surface area contributed by atoms with Crippen molar-refractivity contribution in [3.63, 3.8) is 0 Å². The van der Waals surface area contributed by atoms with Crippen LogP contribution in [-0.4, -0.2) is 37.2 Å². The normalized spacial score (nSPS) is 12.8. The Kier molecular flexibility index (Phi) is 50.0. The number of allylic oxidation sites excluding steroid dienone is 16. The van der Waals surface area contributed by atoms with Crippen molar-refractivity contribution >= 4 is 17.9 Å². The standard InChI is InChI=1S/C59H98O6/c1-4-7-10-13-16-18-20-22-24-26-27-28-29-30-31-32-33-34-36-37-39-41-43-46-49-52-58(61)64-55-56(54-63-57(60)51-48-45-15-12-9-6-3)65-59(62)53-50-47-44-42-40-38-35-25-23-21-19-17-14-11-8-5-2/h7,10,16,18-19,21-22,24-25,27-28,30-31,33-35,56H,4-6,8-9,11-15,17,20,23,26,29,32,36-55H2,1-3H3/b10-7-,18-16-,21-19-,24-22-,28-27-,31-30-,34-33-,35-25-. The Morgan fingerprint density at radius 1 is 0.323 bits per heavy atom. The zero-order valence-corrected chi connectivity index (χ0v) is 42.2. The van der Waals surface area contributed by atoms with Gasteiger partial charge < -0.3 is 14.2 Å². The highest BCUT2D eigenvalue weighted by atomic mass is 16.6. The van der Waals surface area contributed by atoms with Gasteiger partial charge in [-0.1, -0.05) is 214 Å². The van der Waals surface area contributed by atoms with Crippen molar-refractivity contribution in [1.82, 2.24) is 0 Å². The van der Waals surface area contributed by atoms with E-state index in [1.54, 1.807) is 0 Å². The molecule has 370 valence electrons. The van der Waals surface area contributed by atoms with Crippen LogP contribution in [0.1, 0.15) is 239 Å². The molecule has 6 nitrogen and oxygen atoms in total. The summed E-state index contributed by atoms with van der Waals surface area (Å²) < 4.78 is 16.7. The molecule has 0 aliphatic heterocycles. The zero-order valence-electron chi connectivity index (χ0n) is 42.2. The maximum atomic E-state index is 12.8. The van der Waals surface area contributed by atoms with E-state index in [9.17, 15) is 14.4 Å². The number of rotatable bonds is 47. The molecule has 0 spiro atoms. The van der Waals surface area contributed by atoms with Gasteiger partial charge in [0.2, 0.25) is 0 Å². The van der Waals surface area contributed by atoms with Gasteiger partial charge in [0.05, 0.1) is 0 Å². The Morgan fingerprint density at radius 3 is 0.954 bits per heavy atom. The SMILES string of the molecule is CC/C=C\C/C=C\C/C=C\C/C=C\C/C=C\C/C=C\CCCCCCCCC(=O)OCC(COC(=O)CCCCCCCC)OC(=O)CCCCCCC/C=C\C/C=C\CCCCCC. The maximum Gasteiger partial charge on any atom is 0.306 e. The molecule has 0 radical (unpaired) electrons. The second kappa shape index (κ2) is 52.9. The van der Waals surface area contributed by atoms with E-state index in [2.05, 4.69) is 118 Å². The second-order valence-corrected chi connectivity index (χ2v) is 17.4. The fourth-order valence-corrected chi connectivity index (χ4v) is 7.06. The van der Waals surface area contributed by atoms with E-state index in [0.29, 0.717) is 19.3 Å². The van der Waals surface area contributed by atoms with Crippen LogP contribution in [0.2, 0.25) is 0 Å². The maximum absolute atomic E-state index is 12.8. The van der Waals surface area contributed by atoms with E-state index < -0.39 is 6.10 Å². The molecule has 0 aromatic carbocycles. The first-order chi connectivity index (χ1) is 32.0. The quantitative estimate of drug-likeness (QED) is 0.0262. The van der Waals surface area contributed by atoms with Gasteiger partial charge in [0.25, 0.3) is 0 Å². The van der Waals surface area contributed by atoms with E-state index in [1.807, 2.05) is 0 Å². The zero-order chi connectivity index (χ0) is 47.2. The van der Waals surface area contributed by atoms with Crippen LogP contribution < -0.4 is 0 Å². The molecule has 0 aliphatic carbocycles. The number of ether oxygens (including phenoxy) is 3. The molecule has 65 heavy (non-hydrogen) atoms. The lowest BCUT2D eigenvalue weighted by Gasteiger charge is -2.18. The molecule has 0 aliphatic rings. The molecular formula is C59H98O6. The van der Waals surface area contributed by atoms with Crippen molar-refractivity contribution in [1.29, 1.82) is 0 Å². The lowest BCUT2D eigenvalue weighted by atomic mass is 10.1. The predicted molar refractivity (Wildman–Crippen MR) is 279 cm³/mol. The van der Waals surface area contributed by atoms with Gasteiger partial charge >= 0.3 is 17.9 Å². The number of hydrogen-bond donors (Lipinski definition) is 0. The van der Waals surface area contributed by atoms with Crippen molar-refractivity contribution in [3.8, 4) is 0 Å². The monoisotopic (exact) mass is 903 g/mol. The fourth-order valence-electron chi connectivity index (χ4n) is 7.06. The Hall–Kier alpha value is -3.67. The van der Waals surface area contributed by atoms with Crippen LogP contribution in [0, 0.1) is 0 Å². The molecule has 0 amide bonds. The van der Waals surface area contributed by atoms with Gasteiger partial charge in [0.1, 0.15) is 13.2 Å². The molecule has 0 fully saturated rings. The Labute approximate surface area is 400 Å². The Balaban J connectivity index is 4.24. The molecule has 0 saturated heterocycles. The van der Waals surface area contributed by atoms with Crippen molar-refractivity contribution in [2.24, 2.45) is 0 Å². The molecular weight excluding hydrogens is 805 g/mol. The average Bonchev–Trinajstić information content (AvgIpc) is 3.30. The first kappa shape index (κ1) is 61.3. The van der Waals surface area contributed by atoms with Gasteiger partial charge in [-0.2, -0.15) is 0 Å². The Morgan fingerprint density at radius 2 is 0.600 bits per heavy atom. The molecule has 0 rings (SSSR count). The summed E-state index contributed by atoms with van der Waals surface area (Å²) in [4.78, 5) is 37.8. The smallest absolute Gasteiger partial charge is 0.306 e. The van der Waals surface area contributed by atoms with Crippen molar-refractivity contribution in [2.45, 2.75) is 245 Å². The van der Waals surface area contributed by atoms with Crippen LogP contribution in [0.5, 0.6) is 0 Å². The summed E-state index contributed by atoms with van der Waals surface area (Å²) in [5.41, 5.74) is 0. The first-order valence-electron chi connectivity index (χ1n) is 26.7. The van der Waals surface area contributed by atoms with Gasteiger partial charge in [0, 0.05) is 19.3 Å². The third-order valence-electron chi connectivity index (χ3n) is 11.1. The molecule has 1 atom stereocenters. The molecule has 0 heterocycles. The minimum atomic E-state index is -0.788. The lowest BCUT2D eigenvalue weighted by molar-refractivity contribution is -0.167. The van der Waals surface area contributed by atoms with Crippen LogP contribution in [-0.2, 0) is 28.6 Å². The largest absolute Gasteiger partial charge is 0.462 e. The molecule has 6 heteroatoms. The van der Waals surface area contributed by atoms with Gasteiger partial charge in [-0.05, 0) is 103 Å². The molecule has 0 bridgehead atoms. The molecule has 0 saturated carbocycles. The number of esters is 3. The minimum Gasteiger partial charge on any atom is -0.462 e. The summed E-state index contributed by atoms with van der Waals surface area (Å²) in [5.74, 6) is -0.930. The van der Waals surface area contributed by atoms with Crippen molar-refractivity contribution < 1.29 is 28.6 Å². The Bertz CT molecular complexity index is 1310. The predicted octanol–water partition coefficient (Wildman–Crippen LogP) is 17.8. The number of carbonyl (C=O) groups is 3. The van der Waals surface area contributed by atoms with Crippen LogP contribution in [0.4, 0.5) is 0 Å². The van der Waals surface area contributed by atoms with Crippen molar-refractivity contribution in [3.05, 3.63) is 97.2 Å². The summed E-state index contributed by atoms with van der Waals surface area (Å²) in [7, 11) is 0. The molecule has 1 unspecified atom stereocenters. The van der Waals surface area contributed by atoms with E-state index >= 15 is 0 Å². The summed E-state index contributed by atoms with van der Waals surface area (Å²) in [6.07, 6.45) is 69.9. The van der Waals surface area contributed by atoms with Crippen molar-refractivity contribution in [2.75, 3.05) is 13.2 Å². The van der Waals surface area contributed by atoms with E-state index in [0.717, 1.165) is 135 Å². The summed E-state index contributed by atoms with van der Waals surface area (Å²) in [6, 6.07) is 0. The second-order valence-electron chi connectivity index (χ2n) is 17.4. The summed E-state index contributed by atoms with van der Waals surface area (Å²) in [5, 5.41) is 0. The van der Waals surface area contributed by atoms with Crippen LogP contribution in [0.3, 0.4) is 0 Å². The molecule has 0 aromatic heterocycles. The lowest BCUT2D eigenvalue weighted by Crippen LogP contribution is -2.30. The summed E-state index contributed by atoms with van der Waals surface area (Å²) in [6.45, 7) is 6.41. The fraction of sp³-hybridized carbons (Fsp3) is 0.678.